The molecule has 0 aliphatic carbocycles. The van der Waals surface area contributed by atoms with Crippen molar-refractivity contribution in [3.8, 4) is 0 Å². The molecule has 1 saturated heterocycles. The van der Waals surface area contributed by atoms with E-state index in [1.807, 2.05) is 20.8 Å². The maximum Gasteiger partial charge on any atom is 0.311 e. The number of likely N-dealkylation sites (tertiary alicyclic amines) is 1. The van der Waals surface area contributed by atoms with Crippen molar-refractivity contribution in [3.63, 3.8) is 0 Å². The minimum atomic E-state index is -0.847. The van der Waals surface area contributed by atoms with E-state index in [1.165, 1.54) is 11.3 Å². The molecule has 2 heterocycles. The number of rotatable bonds is 2. The highest BCUT2D eigenvalue weighted by atomic mass is 32.1. The van der Waals surface area contributed by atoms with Crippen LogP contribution in [0.1, 0.15) is 55.9 Å². The molecule has 1 aromatic rings. The molecule has 0 radical (unpaired) electrons. The number of piperidine rings is 1. The molecule has 21 heavy (non-hydrogen) atoms. The zero-order chi connectivity index (χ0) is 15.8. The number of carbonyl (C=O) groups is 2. The van der Waals surface area contributed by atoms with Crippen LogP contribution >= 0.6 is 11.3 Å². The summed E-state index contributed by atoms with van der Waals surface area (Å²) >= 11 is 1.34. The van der Waals surface area contributed by atoms with E-state index in [4.69, 9.17) is 0 Å². The molecule has 0 saturated carbocycles. The molecule has 0 aromatic carbocycles. The standard InChI is InChI=1S/C15H22N2O3S/c1-14(2,3)11-10(21-9-16-11)12(18)17-7-5-6-15(4,8-17)13(19)20/h9H,5-8H2,1-4H3,(H,19,20). The van der Waals surface area contributed by atoms with Crippen LogP contribution < -0.4 is 0 Å². The lowest BCUT2D eigenvalue weighted by Gasteiger charge is -2.37. The molecule has 1 N–H and O–H groups in total. The second-order valence-corrected chi connectivity index (χ2v) is 7.83. The number of carboxylic acids is 1. The number of nitrogens with zero attached hydrogens (tertiary/aromatic N) is 2. The van der Waals surface area contributed by atoms with E-state index in [1.54, 1.807) is 17.3 Å². The van der Waals surface area contributed by atoms with E-state index < -0.39 is 11.4 Å². The highest BCUT2D eigenvalue weighted by Gasteiger charge is 2.40. The van der Waals surface area contributed by atoms with Crippen molar-refractivity contribution in [2.75, 3.05) is 13.1 Å². The van der Waals surface area contributed by atoms with Gasteiger partial charge in [0.1, 0.15) is 4.88 Å². The Balaban J connectivity index is 2.25. The van der Waals surface area contributed by atoms with Gasteiger partial charge in [-0.05, 0) is 19.8 Å². The first kappa shape index (κ1) is 15.9. The van der Waals surface area contributed by atoms with E-state index in [2.05, 4.69) is 4.98 Å². The van der Waals surface area contributed by atoms with Gasteiger partial charge < -0.3 is 10.0 Å². The van der Waals surface area contributed by atoms with Crippen molar-refractivity contribution in [3.05, 3.63) is 16.1 Å². The molecule has 1 aromatic heterocycles. The summed E-state index contributed by atoms with van der Waals surface area (Å²) in [7, 11) is 0. The monoisotopic (exact) mass is 310 g/mol. The fraction of sp³-hybridized carbons (Fsp3) is 0.667. The third-order valence-electron chi connectivity index (χ3n) is 3.97. The summed E-state index contributed by atoms with van der Waals surface area (Å²) in [5, 5.41) is 9.36. The first-order valence-corrected chi connectivity index (χ1v) is 8.00. The van der Waals surface area contributed by atoms with Crippen LogP contribution in [0.25, 0.3) is 0 Å². The molecule has 0 spiro atoms. The lowest BCUT2D eigenvalue weighted by atomic mass is 9.82. The van der Waals surface area contributed by atoms with Crippen LogP contribution in [0.15, 0.2) is 5.51 Å². The molecule has 1 atom stereocenters. The van der Waals surface area contributed by atoms with Gasteiger partial charge in [-0.25, -0.2) is 4.98 Å². The van der Waals surface area contributed by atoms with Crippen molar-refractivity contribution >= 4 is 23.2 Å². The summed E-state index contributed by atoms with van der Waals surface area (Å²) in [6.07, 6.45) is 1.33. The smallest absolute Gasteiger partial charge is 0.311 e. The summed E-state index contributed by atoms with van der Waals surface area (Å²) in [6, 6.07) is 0. The number of thiazole rings is 1. The number of hydrogen-bond donors (Lipinski definition) is 1. The second kappa shape index (κ2) is 5.40. The van der Waals surface area contributed by atoms with Gasteiger partial charge in [0.15, 0.2) is 0 Å². The molecule has 1 aliphatic heterocycles. The summed E-state index contributed by atoms with van der Waals surface area (Å²) in [5.74, 6) is -0.921. The summed E-state index contributed by atoms with van der Waals surface area (Å²) in [4.78, 5) is 30.8. The summed E-state index contributed by atoms with van der Waals surface area (Å²) < 4.78 is 0. The number of aliphatic carboxylic acids is 1. The zero-order valence-electron chi connectivity index (χ0n) is 13.0. The topological polar surface area (TPSA) is 70.5 Å². The predicted molar refractivity (Wildman–Crippen MR) is 81.7 cm³/mol. The first-order valence-electron chi connectivity index (χ1n) is 7.12. The minimum absolute atomic E-state index is 0.0883. The molecular formula is C15H22N2O3S. The van der Waals surface area contributed by atoms with Crippen molar-refractivity contribution in [1.29, 1.82) is 0 Å². The molecule has 1 aliphatic rings. The Hall–Kier alpha value is -1.43. The van der Waals surface area contributed by atoms with Gasteiger partial charge in [-0.3, -0.25) is 9.59 Å². The Bertz CT molecular complexity index is 562. The van der Waals surface area contributed by atoms with E-state index in [9.17, 15) is 14.7 Å². The van der Waals surface area contributed by atoms with Gasteiger partial charge >= 0.3 is 5.97 Å². The Kier molecular flexibility index (Phi) is 4.10. The Morgan fingerprint density at radius 2 is 2.10 bits per heavy atom. The first-order chi connectivity index (χ1) is 9.65. The highest BCUT2D eigenvalue weighted by molar-refractivity contribution is 7.11. The fourth-order valence-electron chi connectivity index (χ4n) is 2.66. The summed E-state index contributed by atoms with van der Waals surface area (Å²) in [5.41, 5.74) is 1.44. The van der Waals surface area contributed by atoms with Crippen LogP contribution in [0.4, 0.5) is 0 Å². The number of carbonyl (C=O) groups excluding carboxylic acids is 1. The maximum absolute atomic E-state index is 12.7. The van der Waals surface area contributed by atoms with Crippen LogP contribution in [0.2, 0.25) is 0 Å². The molecule has 5 nitrogen and oxygen atoms in total. The second-order valence-electron chi connectivity index (χ2n) is 6.98. The molecule has 2 rings (SSSR count). The molecule has 1 unspecified atom stereocenters. The van der Waals surface area contributed by atoms with Crippen LogP contribution in [0.3, 0.4) is 0 Å². The lowest BCUT2D eigenvalue weighted by molar-refractivity contribution is -0.150. The third-order valence-corrected chi connectivity index (χ3v) is 4.79. The normalized spacial score (nSPS) is 23.1. The average molecular weight is 310 g/mol. The molecular weight excluding hydrogens is 288 g/mol. The molecule has 0 bridgehead atoms. The molecule has 6 heteroatoms. The number of hydrogen-bond acceptors (Lipinski definition) is 4. The van der Waals surface area contributed by atoms with Crippen molar-refractivity contribution < 1.29 is 14.7 Å². The average Bonchev–Trinajstić information content (AvgIpc) is 2.86. The van der Waals surface area contributed by atoms with E-state index in [-0.39, 0.29) is 17.9 Å². The van der Waals surface area contributed by atoms with Gasteiger partial charge in [-0.15, -0.1) is 11.3 Å². The maximum atomic E-state index is 12.7. The van der Waals surface area contributed by atoms with Gasteiger partial charge in [-0.2, -0.15) is 0 Å². The molecule has 1 fully saturated rings. The summed E-state index contributed by atoms with van der Waals surface area (Å²) in [6.45, 7) is 8.67. The van der Waals surface area contributed by atoms with E-state index in [0.29, 0.717) is 17.8 Å². The fourth-order valence-corrected chi connectivity index (χ4v) is 3.63. The van der Waals surface area contributed by atoms with Gasteiger partial charge in [0.2, 0.25) is 0 Å². The van der Waals surface area contributed by atoms with Crippen LogP contribution in [0, 0.1) is 5.41 Å². The van der Waals surface area contributed by atoms with Crippen molar-refractivity contribution in [2.45, 2.75) is 46.0 Å². The Morgan fingerprint density at radius 1 is 1.43 bits per heavy atom. The highest BCUT2D eigenvalue weighted by Crippen LogP contribution is 2.33. The predicted octanol–water partition coefficient (Wildman–Crippen LogP) is 2.77. The minimum Gasteiger partial charge on any atom is -0.481 e. The quantitative estimate of drug-likeness (QED) is 0.912. The van der Waals surface area contributed by atoms with Gasteiger partial charge in [0.25, 0.3) is 5.91 Å². The SMILES string of the molecule is CC1(C(=O)O)CCCN(C(=O)c2scnc2C(C)(C)C)C1. The number of amides is 1. The number of aromatic nitrogens is 1. The number of carboxylic acid groups (broad SMARTS) is 1. The van der Waals surface area contributed by atoms with Crippen LogP contribution in [0.5, 0.6) is 0 Å². The van der Waals surface area contributed by atoms with Gasteiger partial charge in [0, 0.05) is 18.5 Å². The van der Waals surface area contributed by atoms with Crippen molar-refractivity contribution in [2.24, 2.45) is 5.41 Å². The van der Waals surface area contributed by atoms with Gasteiger partial charge in [0.05, 0.1) is 16.6 Å². The van der Waals surface area contributed by atoms with Gasteiger partial charge in [-0.1, -0.05) is 20.8 Å². The van der Waals surface area contributed by atoms with E-state index >= 15 is 0 Å². The molecule has 116 valence electrons. The van der Waals surface area contributed by atoms with Crippen LogP contribution in [-0.4, -0.2) is 40.0 Å². The zero-order valence-corrected chi connectivity index (χ0v) is 13.8. The van der Waals surface area contributed by atoms with E-state index in [0.717, 1.165) is 12.1 Å². The van der Waals surface area contributed by atoms with Crippen LogP contribution in [-0.2, 0) is 10.2 Å². The Labute approximate surface area is 129 Å². The molecule has 1 amide bonds. The third kappa shape index (κ3) is 3.10. The lowest BCUT2D eigenvalue weighted by Crippen LogP contribution is -2.48. The van der Waals surface area contributed by atoms with Crippen molar-refractivity contribution in [1.82, 2.24) is 9.88 Å². The largest absolute Gasteiger partial charge is 0.481 e. The Morgan fingerprint density at radius 3 is 2.67 bits per heavy atom.